The zero-order valence-electron chi connectivity index (χ0n) is 17.4. The van der Waals surface area contributed by atoms with Crippen molar-refractivity contribution in [2.75, 3.05) is 0 Å². The van der Waals surface area contributed by atoms with E-state index >= 15 is 0 Å². The van der Waals surface area contributed by atoms with E-state index in [1.807, 2.05) is 50.4 Å². The lowest BCUT2D eigenvalue weighted by Crippen LogP contribution is -2.29. The number of rotatable bonds is 5. The number of nitriles is 1. The molecule has 2 aromatic carbocycles. The van der Waals surface area contributed by atoms with Gasteiger partial charge in [-0.25, -0.2) is 9.78 Å². The highest BCUT2D eigenvalue weighted by molar-refractivity contribution is 7.18. The molecular weight excluding hydrogens is 410 g/mol. The van der Waals surface area contributed by atoms with Gasteiger partial charge in [-0.3, -0.25) is 0 Å². The van der Waals surface area contributed by atoms with E-state index < -0.39 is 6.09 Å². The summed E-state index contributed by atoms with van der Waals surface area (Å²) in [4.78, 5) is 16.8. The summed E-state index contributed by atoms with van der Waals surface area (Å²) < 4.78 is 5.71. The topological polar surface area (TPSA) is 95.2 Å². The van der Waals surface area contributed by atoms with E-state index in [1.54, 1.807) is 11.3 Å². The fourth-order valence-corrected chi connectivity index (χ4v) is 4.98. The number of nitrogens with one attached hydrogen (secondary N) is 1. The first-order valence-corrected chi connectivity index (χ1v) is 11.1. The number of fused-ring (bicyclic) bond motifs is 1. The third kappa shape index (κ3) is 4.39. The Balaban J connectivity index is 1.68. The minimum atomic E-state index is -0.999. The number of amides is 1. The largest absolute Gasteiger partial charge is 0.490 e. The molecular formula is C24H23N3O3S. The third-order valence-electron chi connectivity index (χ3n) is 5.29. The van der Waals surface area contributed by atoms with E-state index in [9.17, 15) is 10.1 Å². The van der Waals surface area contributed by atoms with Crippen molar-refractivity contribution < 1.29 is 14.6 Å². The molecule has 6 nitrogen and oxygen atoms in total. The molecule has 1 aliphatic rings. The predicted molar refractivity (Wildman–Crippen MR) is 120 cm³/mol. The Bertz CT molecular complexity index is 1160. The number of hydrogen-bond acceptors (Lipinski definition) is 5. The van der Waals surface area contributed by atoms with Gasteiger partial charge < -0.3 is 15.2 Å². The first-order chi connectivity index (χ1) is 15.0. The van der Waals surface area contributed by atoms with Crippen molar-refractivity contribution in [3.63, 3.8) is 0 Å². The van der Waals surface area contributed by atoms with Gasteiger partial charge in [0.2, 0.25) is 0 Å². The summed E-state index contributed by atoms with van der Waals surface area (Å²) in [6.45, 7) is 3.86. The molecule has 3 aromatic rings. The smallest absolute Gasteiger partial charge is 0.405 e. The Hall–Kier alpha value is -3.37. The summed E-state index contributed by atoms with van der Waals surface area (Å²) >= 11 is 1.57. The number of hydrogen-bond donors (Lipinski definition) is 2. The zero-order chi connectivity index (χ0) is 22.0. The van der Waals surface area contributed by atoms with Gasteiger partial charge in [-0.15, -0.1) is 11.3 Å². The van der Waals surface area contributed by atoms with Crippen LogP contribution < -0.4 is 10.1 Å². The fraction of sp³-hybridized carbons (Fsp3) is 0.292. The molecule has 1 heterocycles. The lowest BCUT2D eigenvalue weighted by atomic mass is 9.84. The van der Waals surface area contributed by atoms with Crippen LogP contribution in [0.3, 0.4) is 0 Å². The normalized spacial score (nSPS) is 15.2. The molecule has 1 aromatic heterocycles. The van der Waals surface area contributed by atoms with E-state index in [2.05, 4.69) is 22.4 Å². The van der Waals surface area contributed by atoms with Crippen LogP contribution in [-0.2, 0) is 6.42 Å². The number of ether oxygens (including phenoxy) is 1. The maximum Gasteiger partial charge on any atom is 0.405 e. The van der Waals surface area contributed by atoms with Gasteiger partial charge in [0.1, 0.15) is 16.8 Å². The number of carbonyl (C=O) groups is 1. The number of aromatic nitrogens is 1. The second-order valence-corrected chi connectivity index (χ2v) is 8.82. The molecule has 2 N–H and O–H groups in total. The number of thiazole rings is 1. The van der Waals surface area contributed by atoms with E-state index in [-0.39, 0.29) is 12.1 Å². The predicted octanol–water partition coefficient (Wildman–Crippen LogP) is 5.78. The Morgan fingerprint density at radius 3 is 2.94 bits per heavy atom. The number of carboxylic acid groups (broad SMARTS) is 1. The average Bonchev–Trinajstić information content (AvgIpc) is 3.23. The van der Waals surface area contributed by atoms with Crippen LogP contribution in [0.25, 0.3) is 21.0 Å². The summed E-state index contributed by atoms with van der Waals surface area (Å²) in [7, 11) is 0. The monoisotopic (exact) mass is 433 g/mol. The van der Waals surface area contributed by atoms with Crippen molar-refractivity contribution in [3.05, 3.63) is 59.3 Å². The average molecular weight is 434 g/mol. The van der Waals surface area contributed by atoms with Crippen LogP contribution in [0.1, 0.15) is 49.4 Å². The minimum absolute atomic E-state index is 0.00637. The molecule has 158 valence electrons. The van der Waals surface area contributed by atoms with Gasteiger partial charge in [-0.2, -0.15) is 5.26 Å². The van der Waals surface area contributed by atoms with E-state index in [1.165, 1.54) is 5.56 Å². The Labute approximate surface area is 185 Å². The lowest BCUT2D eigenvalue weighted by molar-refractivity contribution is 0.188. The first-order valence-electron chi connectivity index (χ1n) is 10.2. The van der Waals surface area contributed by atoms with Gasteiger partial charge in [0, 0.05) is 11.8 Å². The molecule has 1 unspecified atom stereocenters. The van der Waals surface area contributed by atoms with Crippen molar-refractivity contribution in [1.82, 2.24) is 10.3 Å². The van der Waals surface area contributed by atoms with Crippen LogP contribution in [0.2, 0.25) is 0 Å². The van der Waals surface area contributed by atoms with Crippen molar-refractivity contribution in [2.24, 2.45) is 0 Å². The maximum absolute atomic E-state index is 11.2. The fourth-order valence-electron chi connectivity index (χ4n) is 4.02. The molecule has 0 saturated heterocycles. The Morgan fingerprint density at radius 2 is 2.19 bits per heavy atom. The standard InChI is InChI=1S/C24H23N3O3S/c1-14(2)30-21-10-9-15(11-16(21)12-25)23-26-13-22(31-23)19-7-3-6-18-17(19)5-4-8-20(18)27-24(28)29/h3,6-7,9-11,13-14,20,27H,4-5,8H2,1-2H3,(H,28,29). The van der Waals surface area contributed by atoms with Crippen molar-refractivity contribution in [3.8, 4) is 32.8 Å². The van der Waals surface area contributed by atoms with Gasteiger partial charge in [0.15, 0.2) is 0 Å². The van der Waals surface area contributed by atoms with Crippen LogP contribution in [0.15, 0.2) is 42.6 Å². The molecule has 31 heavy (non-hydrogen) atoms. The van der Waals surface area contributed by atoms with Crippen LogP contribution in [0.4, 0.5) is 4.79 Å². The number of nitrogens with zero attached hydrogens (tertiary/aromatic N) is 2. The molecule has 0 saturated carbocycles. The van der Waals surface area contributed by atoms with Crippen LogP contribution in [0, 0.1) is 11.3 Å². The highest BCUT2D eigenvalue weighted by Crippen LogP contribution is 2.40. The maximum atomic E-state index is 11.2. The van der Waals surface area contributed by atoms with Gasteiger partial charge in [0.25, 0.3) is 0 Å². The first kappa shape index (κ1) is 20.9. The van der Waals surface area contributed by atoms with Crippen LogP contribution in [-0.4, -0.2) is 22.3 Å². The quantitative estimate of drug-likeness (QED) is 0.532. The van der Waals surface area contributed by atoms with Gasteiger partial charge in [0.05, 0.1) is 22.6 Å². The second kappa shape index (κ2) is 8.78. The molecule has 0 aliphatic heterocycles. The second-order valence-electron chi connectivity index (χ2n) is 7.79. The minimum Gasteiger partial charge on any atom is -0.490 e. The summed E-state index contributed by atoms with van der Waals surface area (Å²) in [5, 5.41) is 22.1. The molecule has 4 rings (SSSR count). The highest BCUT2D eigenvalue weighted by atomic mass is 32.1. The van der Waals surface area contributed by atoms with Gasteiger partial charge in [-0.1, -0.05) is 18.2 Å². The van der Waals surface area contributed by atoms with Crippen molar-refractivity contribution >= 4 is 17.4 Å². The van der Waals surface area contributed by atoms with Crippen LogP contribution >= 0.6 is 11.3 Å². The van der Waals surface area contributed by atoms with Gasteiger partial charge >= 0.3 is 6.09 Å². The van der Waals surface area contributed by atoms with E-state index in [0.717, 1.165) is 45.8 Å². The van der Waals surface area contributed by atoms with E-state index in [0.29, 0.717) is 11.3 Å². The molecule has 1 atom stereocenters. The molecule has 0 bridgehead atoms. The summed E-state index contributed by atoms with van der Waals surface area (Å²) in [5.74, 6) is 0.576. The molecule has 1 amide bonds. The summed E-state index contributed by atoms with van der Waals surface area (Å²) in [6.07, 6.45) is 3.50. The Morgan fingerprint density at radius 1 is 1.35 bits per heavy atom. The highest BCUT2D eigenvalue weighted by Gasteiger charge is 2.24. The Kier molecular flexibility index (Phi) is 5.92. The van der Waals surface area contributed by atoms with Crippen molar-refractivity contribution in [1.29, 1.82) is 5.26 Å². The van der Waals surface area contributed by atoms with E-state index in [4.69, 9.17) is 9.84 Å². The molecule has 0 spiro atoms. The summed E-state index contributed by atoms with van der Waals surface area (Å²) in [5.41, 5.74) is 4.68. The number of benzene rings is 2. The SMILES string of the molecule is CC(C)Oc1ccc(-c2ncc(-c3cccc4c3CCCC4NC(=O)O)s2)cc1C#N. The van der Waals surface area contributed by atoms with Crippen LogP contribution in [0.5, 0.6) is 5.75 Å². The van der Waals surface area contributed by atoms with Crippen molar-refractivity contribution in [2.45, 2.75) is 45.3 Å². The zero-order valence-corrected chi connectivity index (χ0v) is 18.2. The van der Waals surface area contributed by atoms with Gasteiger partial charge in [-0.05, 0) is 68.0 Å². The molecule has 7 heteroatoms. The molecule has 1 aliphatic carbocycles. The molecule has 0 fully saturated rings. The third-order valence-corrected chi connectivity index (χ3v) is 6.37. The molecule has 0 radical (unpaired) electrons. The lowest BCUT2D eigenvalue weighted by Gasteiger charge is -2.27. The summed E-state index contributed by atoms with van der Waals surface area (Å²) in [6, 6.07) is 13.6.